The van der Waals surface area contributed by atoms with Gasteiger partial charge in [0.25, 0.3) is 0 Å². The maximum absolute atomic E-state index is 12.4. The van der Waals surface area contributed by atoms with Crippen molar-refractivity contribution in [3.05, 3.63) is 18.2 Å². The third-order valence-corrected chi connectivity index (χ3v) is 3.74. The van der Waals surface area contributed by atoms with Crippen molar-refractivity contribution in [2.24, 2.45) is 0 Å². The summed E-state index contributed by atoms with van der Waals surface area (Å²) in [6.07, 6.45) is 3.98. The zero-order chi connectivity index (χ0) is 17.7. The van der Waals surface area contributed by atoms with E-state index >= 15 is 0 Å². The van der Waals surface area contributed by atoms with Gasteiger partial charge in [0.2, 0.25) is 11.7 Å². The zero-order valence-electron chi connectivity index (χ0n) is 13.7. The molecule has 130 valence electrons. The first-order chi connectivity index (χ1) is 11.4. The van der Waals surface area contributed by atoms with Crippen LogP contribution < -0.4 is 5.48 Å². The monoisotopic (exact) mass is 335 g/mol. The number of carboxylic acid groups (broad SMARTS) is 1. The lowest BCUT2D eigenvalue weighted by Gasteiger charge is -2.36. The predicted molar refractivity (Wildman–Crippen MR) is 83.2 cm³/mol. The molecule has 0 aromatic carbocycles. The smallest absolute Gasteiger partial charge is 0.372 e. The number of nitrogens with one attached hydrogen (secondary N) is 1. The Bertz CT molecular complexity index is 636. The van der Waals surface area contributed by atoms with Gasteiger partial charge in [-0.25, -0.2) is 9.78 Å². The SMILES string of the molecule is CC(C)ON[C@@H]1CC[C@@H](C#N)N(CC(=O)n2ccnc2C(=O)O)C1. The fourth-order valence-corrected chi connectivity index (χ4v) is 2.61. The molecule has 1 aromatic rings. The Hall–Kier alpha value is -2.28. The lowest BCUT2D eigenvalue weighted by Crippen LogP contribution is -2.52. The zero-order valence-corrected chi connectivity index (χ0v) is 13.7. The first-order valence-corrected chi connectivity index (χ1v) is 7.77. The fourth-order valence-electron chi connectivity index (χ4n) is 2.61. The lowest BCUT2D eigenvalue weighted by atomic mass is 9.99. The number of likely N-dealkylation sites (tertiary alicyclic amines) is 1. The van der Waals surface area contributed by atoms with Crippen molar-refractivity contribution >= 4 is 11.9 Å². The van der Waals surface area contributed by atoms with Gasteiger partial charge in [-0.15, -0.1) is 0 Å². The minimum absolute atomic E-state index is 0.00605. The van der Waals surface area contributed by atoms with Gasteiger partial charge in [-0.2, -0.15) is 10.7 Å². The second kappa shape index (κ2) is 8.01. The second-order valence-corrected chi connectivity index (χ2v) is 5.95. The van der Waals surface area contributed by atoms with Crippen molar-refractivity contribution in [2.45, 2.75) is 44.9 Å². The number of aromatic carboxylic acids is 1. The van der Waals surface area contributed by atoms with E-state index in [1.165, 1.54) is 12.4 Å². The van der Waals surface area contributed by atoms with Gasteiger partial charge < -0.3 is 5.11 Å². The maximum Gasteiger partial charge on any atom is 0.372 e. The molecule has 0 spiro atoms. The topological polar surface area (TPSA) is 120 Å². The van der Waals surface area contributed by atoms with E-state index in [1.54, 1.807) is 4.90 Å². The van der Waals surface area contributed by atoms with Crippen LogP contribution in [0.1, 0.15) is 42.1 Å². The molecule has 9 heteroatoms. The molecule has 2 atom stereocenters. The summed E-state index contributed by atoms with van der Waals surface area (Å²) in [5.41, 5.74) is 2.96. The van der Waals surface area contributed by atoms with E-state index in [4.69, 9.17) is 9.94 Å². The van der Waals surface area contributed by atoms with Gasteiger partial charge in [0.05, 0.1) is 24.8 Å². The summed E-state index contributed by atoms with van der Waals surface area (Å²) >= 11 is 0. The van der Waals surface area contributed by atoms with Gasteiger partial charge >= 0.3 is 5.97 Å². The Morgan fingerprint density at radius 2 is 2.29 bits per heavy atom. The second-order valence-electron chi connectivity index (χ2n) is 5.95. The molecule has 9 nitrogen and oxygen atoms in total. The lowest BCUT2D eigenvalue weighted by molar-refractivity contribution is -0.0428. The summed E-state index contributed by atoms with van der Waals surface area (Å²) in [6.45, 7) is 4.21. The third kappa shape index (κ3) is 4.38. The molecule has 24 heavy (non-hydrogen) atoms. The van der Waals surface area contributed by atoms with E-state index in [9.17, 15) is 14.9 Å². The molecule has 1 saturated heterocycles. The van der Waals surface area contributed by atoms with Crippen LogP contribution in [0.4, 0.5) is 0 Å². The van der Waals surface area contributed by atoms with E-state index in [0.717, 1.165) is 11.0 Å². The van der Waals surface area contributed by atoms with Crippen LogP contribution in [-0.2, 0) is 4.84 Å². The standard InChI is InChI=1S/C15H21N5O4/c1-10(2)24-18-11-3-4-12(7-16)19(8-11)9-13(21)20-6-5-17-14(20)15(22)23/h5-6,10-12,18H,3-4,8-9H2,1-2H3,(H,22,23)/t11-,12+/m1/s1. The van der Waals surface area contributed by atoms with E-state index < -0.39 is 11.9 Å². The molecule has 1 aliphatic heterocycles. The molecule has 0 aliphatic carbocycles. The Kier molecular flexibility index (Phi) is 6.03. The molecular formula is C15H21N5O4. The van der Waals surface area contributed by atoms with Crippen LogP contribution in [0.25, 0.3) is 0 Å². The minimum atomic E-state index is -1.27. The van der Waals surface area contributed by atoms with Gasteiger partial charge in [-0.05, 0) is 26.7 Å². The summed E-state index contributed by atoms with van der Waals surface area (Å²) in [4.78, 5) is 34.2. The van der Waals surface area contributed by atoms with Crippen LogP contribution in [0.5, 0.6) is 0 Å². The number of carbonyl (C=O) groups excluding carboxylic acids is 1. The van der Waals surface area contributed by atoms with E-state index in [1.807, 2.05) is 13.8 Å². The first kappa shape index (κ1) is 18.1. The number of hydrogen-bond acceptors (Lipinski definition) is 7. The average molecular weight is 335 g/mol. The number of rotatable bonds is 6. The highest BCUT2D eigenvalue weighted by Gasteiger charge is 2.31. The Morgan fingerprint density at radius 1 is 1.54 bits per heavy atom. The first-order valence-electron chi connectivity index (χ1n) is 7.77. The summed E-state index contributed by atoms with van der Waals surface area (Å²) < 4.78 is 0.998. The number of imidazole rings is 1. The number of carbonyl (C=O) groups is 2. The number of nitrogens with zero attached hydrogens (tertiary/aromatic N) is 4. The van der Waals surface area contributed by atoms with Crippen LogP contribution >= 0.6 is 0 Å². The third-order valence-electron chi connectivity index (χ3n) is 3.74. The van der Waals surface area contributed by atoms with Crippen LogP contribution in [0.15, 0.2) is 12.4 Å². The predicted octanol–water partition coefficient (Wildman–Crippen LogP) is 0.508. The van der Waals surface area contributed by atoms with Gasteiger partial charge in [-0.3, -0.25) is 19.1 Å². The molecule has 0 saturated carbocycles. The summed E-state index contributed by atoms with van der Waals surface area (Å²) in [5, 5.41) is 18.3. The molecule has 1 aliphatic rings. The molecule has 0 unspecified atom stereocenters. The number of hydroxylamine groups is 1. The molecule has 0 bridgehead atoms. The normalized spacial score (nSPS) is 21.6. The average Bonchev–Trinajstić information content (AvgIpc) is 3.03. The van der Waals surface area contributed by atoms with Gasteiger partial charge in [-0.1, -0.05) is 0 Å². The van der Waals surface area contributed by atoms with Crippen molar-refractivity contribution in [2.75, 3.05) is 13.1 Å². The van der Waals surface area contributed by atoms with Crippen LogP contribution in [0.2, 0.25) is 0 Å². The molecule has 1 fully saturated rings. The molecule has 0 radical (unpaired) electrons. The summed E-state index contributed by atoms with van der Waals surface area (Å²) in [7, 11) is 0. The van der Waals surface area contributed by atoms with Gasteiger partial charge in [0.1, 0.15) is 0 Å². The van der Waals surface area contributed by atoms with Crippen molar-refractivity contribution < 1.29 is 19.5 Å². The van der Waals surface area contributed by atoms with Crippen LogP contribution in [0, 0.1) is 11.3 Å². The molecule has 0 amide bonds. The summed E-state index contributed by atoms with van der Waals surface area (Å²) in [6, 6.07) is 1.81. The van der Waals surface area contributed by atoms with Gasteiger partial charge in [0, 0.05) is 25.0 Å². The maximum atomic E-state index is 12.4. The van der Waals surface area contributed by atoms with E-state index in [0.29, 0.717) is 13.0 Å². The molecule has 1 aromatic heterocycles. The van der Waals surface area contributed by atoms with Crippen molar-refractivity contribution in [1.82, 2.24) is 19.9 Å². The quantitative estimate of drug-likeness (QED) is 0.721. The molecule has 2 rings (SSSR count). The fraction of sp³-hybridized carbons (Fsp3) is 0.600. The van der Waals surface area contributed by atoms with Gasteiger partial charge in [0.15, 0.2) is 0 Å². The largest absolute Gasteiger partial charge is 0.475 e. The summed E-state index contributed by atoms with van der Waals surface area (Å²) in [5.74, 6) is -2.03. The van der Waals surface area contributed by atoms with Crippen molar-refractivity contribution in [3.63, 3.8) is 0 Å². The molecule has 2 N–H and O–H groups in total. The van der Waals surface area contributed by atoms with Crippen LogP contribution in [-0.4, -0.2) is 62.7 Å². The number of nitriles is 1. The Labute approximate surface area is 139 Å². The molecule has 2 heterocycles. The Balaban J connectivity index is 2.04. The van der Waals surface area contributed by atoms with Crippen molar-refractivity contribution in [3.8, 4) is 6.07 Å². The van der Waals surface area contributed by atoms with Crippen LogP contribution in [0.3, 0.4) is 0 Å². The number of aromatic nitrogens is 2. The number of hydrogen-bond donors (Lipinski definition) is 2. The highest BCUT2D eigenvalue weighted by molar-refractivity contribution is 5.91. The van der Waals surface area contributed by atoms with E-state index in [-0.39, 0.29) is 30.6 Å². The Morgan fingerprint density at radius 3 is 2.92 bits per heavy atom. The highest BCUT2D eigenvalue weighted by Crippen LogP contribution is 2.17. The number of carboxylic acids is 1. The van der Waals surface area contributed by atoms with Crippen molar-refractivity contribution in [1.29, 1.82) is 5.26 Å². The molecular weight excluding hydrogens is 314 g/mol. The van der Waals surface area contributed by atoms with E-state index in [2.05, 4.69) is 16.5 Å². The number of piperidine rings is 1. The highest BCUT2D eigenvalue weighted by atomic mass is 16.7. The minimum Gasteiger partial charge on any atom is -0.475 e.